The maximum atomic E-state index is 12.4. The van der Waals surface area contributed by atoms with Crippen LogP contribution in [0.5, 0.6) is 17.2 Å². The number of hydrogen-bond acceptors (Lipinski definition) is 7. The molecule has 0 spiro atoms. The molecule has 196 valence electrons. The average Bonchev–Trinajstić information content (AvgIpc) is 3.49. The molecule has 0 aliphatic carbocycles. The molecule has 0 radical (unpaired) electrons. The summed E-state index contributed by atoms with van der Waals surface area (Å²) in [5.41, 5.74) is 3.74. The van der Waals surface area contributed by atoms with Crippen LogP contribution in [-0.2, 0) is 16.1 Å². The number of hydrogen-bond donors (Lipinski definition) is 1. The highest BCUT2D eigenvalue weighted by atomic mass is 16.6. The van der Waals surface area contributed by atoms with Crippen LogP contribution in [0, 0.1) is 18.3 Å². The maximum Gasteiger partial charge on any atom is 0.349 e. The molecule has 1 amide bonds. The van der Waals surface area contributed by atoms with Crippen LogP contribution in [-0.4, -0.2) is 25.6 Å². The Bertz CT molecular complexity index is 1500. The largest absolute Gasteiger partial charge is 0.493 e. The van der Waals surface area contributed by atoms with Crippen molar-refractivity contribution in [3.8, 4) is 34.4 Å². The van der Waals surface area contributed by atoms with Crippen LogP contribution < -0.4 is 19.5 Å². The van der Waals surface area contributed by atoms with Gasteiger partial charge >= 0.3 is 5.97 Å². The van der Waals surface area contributed by atoms with E-state index in [0.717, 1.165) is 11.1 Å². The number of aryl methyl sites for hydroxylation is 1. The minimum Gasteiger partial charge on any atom is -0.493 e. The van der Waals surface area contributed by atoms with E-state index in [9.17, 15) is 14.9 Å². The molecule has 8 heteroatoms. The standard InChI is InChI=1S/C31H26N2O6/c1-21-5-8-23(9-6-21)24-10-12-26(13-11-24)38-20-30(34)39-28-14-7-22(17-29(28)36-2)16-25(18-32)31(35)33-19-27-4-3-15-37-27/h3-17H,19-20H2,1-2H3,(H,33,35)/b25-16+. The first-order valence-corrected chi connectivity index (χ1v) is 12.1. The summed E-state index contributed by atoms with van der Waals surface area (Å²) in [5, 5.41) is 12.1. The van der Waals surface area contributed by atoms with Crippen molar-refractivity contribution in [3.05, 3.63) is 108 Å². The number of nitrogens with zero attached hydrogens (tertiary/aromatic N) is 1. The van der Waals surface area contributed by atoms with E-state index in [4.69, 9.17) is 18.6 Å². The Kier molecular flexibility index (Phi) is 8.78. The van der Waals surface area contributed by atoms with Gasteiger partial charge in [0, 0.05) is 0 Å². The fourth-order valence-electron chi connectivity index (χ4n) is 3.63. The molecule has 0 fully saturated rings. The zero-order chi connectivity index (χ0) is 27.6. The van der Waals surface area contributed by atoms with Gasteiger partial charge in [-0.3, -0.25) is 4.79 Å². The number of furan rings is 1. The molecule has 3 aromatic carbocycles. The van der Waals surface area contributed by atoms with Gasteiger partial charge in [0.15, 0.2) is 18.1 Å². The lowest BCUT2D eigenvalue weighted by Gasteiger charge is -2.11. The zero-order valence-corrected chi connectivity index (χ0v) is 21.5. The molecule has 0 saturated heterocycles. The average molecular weight is 523 g/mol. The predicted molar refractivity (Wildman–Crippen MR) is 145 cm³/mol. The normalized spacial score (nSPS) is 10.8. The highest BCUT2D eigenvalue weighted by Crippen LogP contribution is 2.29. The first kappa shape index (κ1) is 26.8. The van der Waals surface area contributed by atoms with Crippen LogP contribution in [0.2, 0.25) is 0 Å². The highest BCUT2D eigenvalue weighted by molar-refractivity contribution is 6.01. The Balaban J connectivity index is 1.34. The van der Waals surface area contributed by atoms with E-state index in [1.165, 1.54) is 31.1 Å². The molecular weight excluding hydrogens is 496 g/mol. The minimum atomic E-state index is -0.616. The number of carbonyl (C=O) groups excluding carboxylic acids is 2. The van der Waals surface area contributed by atoms with E-state index in [1.807, 2.05) is 25.1 Å². The van der Waals surface area contributed by atoms with E-state index in [1.54, 1.807) is 36.4 Å². The topological polar surface area (TPSA) is 111 Å². The molecule has 0 aliphatic rings. The van der Waals surface area contributed by atoms with Crippen molar-refractivity contribution in [2.24, 2.45) is 0 Å². The molecule has 1 heterocycles. The predicted octanol–water partition coefficient (Wildman–Crippen LogP) is 5.47. The summed E-state index contributed by atoms with van der Waals surface area (Å²) in [5.74, 6) is 0.370. The Morgan fingerprint density at radius 3 is 2.33 bits per heavy atom. The van der Waals surface area contributed by atoms with Gasteiger partial charge in [-0.2, -0.15) is 5.26 Å². The monoisotopic (exact) mass is 522 g/mol. The molecule has 0 bridgehead atoms. The van der Waals surface area contributed by atoms with E-state index in [2.05, 4.69) is 29.6 Å². The second-order valence-electron chi connectivity index (χ2n) is 8.50. The number of nitriles is 1. The Morgan fingerprint density at radius 2 is 1.69 bits per heavy atom. The molecule has 0 unspecified atom stereocenters. The van der Waals surface area contributed by atoms with E-state index >= 15 is 0 Å². The van der Waals surface area contributed by atoms with E-state index in [0.29, 0.717) is 17.1 Å². The molecule has 0 saturated carbocycles. The third-order valence-electron chi connectivity index (χ3n) is 5.69. The summed E-state index contributed by atoms with van der Waals surface area (Å²) in [6.45, 7) is 1.89. The second kappa shape index (κ2) is 12.8. The van der Waals surface area contributed by atoms with Crippen molar-refractivity contribution in [1.82, 2.24) is 5.32 Å². The number of ether oxygens (including phenoxy) is 3. The minimum absolute atomic E-state index is 0.102. The van der Waals surface area contributed by atoms with Gasteiger partial charge in [-0.25, -0.2) is 4.79 Å². The Morgan fingerprint density at radius 1 is 0.974 bits per heavy atom. The molecule has 8 nitrogen and oxygen atoms in total. The van der Waals surface area contributed by atoms with Crippen molar-refractivity contribution >= 4 is 18.0 Å². The van der Waals surface area contributed by atoms with Gasteiger partial charge in [-0.1, -0.05) is 48.0 Å². The van der Waals surface area contributed by atoms with Gasteiger partial charge in [0.05, 0.1) is 19.9 Å². The molecular formula is C31H26N2O6. The van der Waals surface area contributed by atoms with Crippen molar-refractivity contribution in [1.29, 1.82) is 5.26 Å². The van der Waals surface area contributed by atoms with Crippen LogP contribution in [0.1, 0.15) is 16.9 Å². The third kappa shape index (κ3) is 7.37. The summed E-state index contributed by atoms with van der Waals surface area (Å²) in [6.07, 6.45) is 2.91. The van der Waals surface area contributed by atoms with Crippen LogP contribution >= 0.6 is 0 Å². The van der Waals surface area contributed by atoms with Gasteiger partial charge in [0.25, 0.3) is 5.91 Å². The SMILES string of the molecule is COc1cc(/C=C(\C#N)C(=O)NCc2ccco2)ccc1OC(=O)COc1ccc(-c2ccc(C)cc2)cc1. The number of rotatable bonds is 10. The highest BCUT2D eigenvalue weighted by Gasteiger charge is 2.14. The Hall–Kier alpha value is -5.29. The van der Waals surface area contributed by atoms with E-state index in [-0.39, 0.29) is 30.2 Å². The summed E-state index contributed by atoms with van der Waals surface area (Å²) < 4.78 is 21.5. The number of carbonyl (C=O) groups is 2. The molecule has 0 aliphatic heterocycles. The number of methoxy groups -OCH3 is 1. The van der Waals surface area contributed by atoms with Crippen molar-refractivity contribution in [2.45, 2.75) is 13.5 Å². The summed E-state index contributed by atoms with van der Waals surface area (Å²) in [6, 6.07) is 25.6. The molecule has 4 rings (SSSR count). The maximum absolute atomic E-state index is 12.4. The summed E-state index contributed by atoms with van der Waals surface area (Å²) >= 11 is 0. The fraction of sp³-hybridized carbons (Fsp3) is 0.129. The van der Waals surface area contributed by atoms with Crippen molar-refractivity contribution in [3.63, 3.8) is 0 Å². The van der Waals surface area contributed by atoms with Gasteiger partial charge in [-0.15, -0.1) is 0 Å². The molecule has 1 aromatic heterocycles. The lowest BCUT2D eigenvalue weighted by atomic mass is 10.0. The van der Waals surface area contributed by atoms with Crippen LogP contribution in [0.3, 0.4) is 0 Å². The first-order valence-electron chi connectivity index (χ1n) is 12.1. The summed E-state index contributed by atoms with van der Waals surface area (Å²) in [7, 11) is 1.42. The third-order valence-corrected chi connectivity index (χ3v) is 5.69. The van der Waals surface area contributed by atoms with Gasteiger partial charge in [0.1, 0.15) is 23.2 Å². The van der Waals surface area contributed by atoms with Crippen LogP contribution in [0.4, 0.5) is 0 Å². The number of esters is 1. The van der Waals surface area contributed by atoms with Gasteiger partial charge in [-0.05, 0) is 66.1 Å². The second-order valence-corrected chi connectivity index (χ2v) is 8.50. The molecule has 4 aromatic rings. The van der Waals surface area contributed by atoms with Crippen molar-refractivity contribution in [2.75, 3.05) is 13.7 Å². The number of benzene rings is 3. The number of nitrogens with one attached hydrogen (secondary N) is 1. The number of amides is 1. The summed E-state index contributed by atoms with van der Waals surface area (Å²) in [4.78, 5) is 24.8. The lowest BCUT2D eigenvalue weighted by molar-refractivity contribution is -0.136. The van der Waals surface area contributed by atoms with Gasteiger partial charge in [0.2, 0.25) is 0 Å². The van der Waals surface area contributed by atoms with E-state index < -0.39 is 11.9 Å². The van der Waals surface area contributed by atoms with Crippen LogP contribution in [0.15, 0.2) is 95.1 Å². The van der Waals surface area contributed by atoms with Gasteiger partial charge < -0.3 is 23.9 Å². The fourth-order valence-corrected chi connectivity index (χ4v) is 3.63. The molecule has 1 N–H and O–H groups in total. The molecule has 0 atom stereocenters. The smallest absolute Gasteiger partial charge is 0.349 e. The molecule has 39 heavy (non-hydrogen) atoms. The zero-order valence-electron chi connectivity index (χ0n) is 21.5. The van der Waals surface area contributed by atoms with Crippen LogP contribution in [0.25, 0.3) is 17.2 Å². The quantitative estimate of drug-likeness (QED) is 0.127. The Labute approximate surface area is 226 Å². The lowest BCUT2D eigenvalue weighted by Crippen LogP contribution is -2.23. The first-order chi connectivity index (χ1) is 18.9. The van der Waals surface area contributed by atoms with Crippen molar-refractivity contribution < 1.29 is 28.2 Å².